The van der Waals surface area contributed by atoms with Gasteiger partial charge in [0, 0.05) is 5.57 Å². The lowest BCUT2D eigenvalue weighted by atomic mass is 10.2. The zero-order valence-corrected chi connectivity index (χ0v) is 10.7. The maximum atomic E-state index is 11.9. The highest BCUT2D eigenvalue weighted by Gasteiger charge is 2.28. The summed E-state index contributed by atoms with van der Waals surface area (Å²) >= 11 is 0. The predicted octanol–water partition coefficient (Wildman–Crippen LogP) is 1.53. The molecule has 0 saturated heterocycles. The number of benzene rings is 1. The minimum Gasteiger partial charge on any atom is -0.427 e. The van der Waals surface area contributed by atoms with Crippen LogP contribution in [0, 0.1) is 6.92 Å². The normalized spacial score (nSPS) is 19.6. The Morgan fingerprint density at radius 2 is 1.78 bits per heavy atom. The number of hydrogen-bond acceptors (Lipinski definition) is 5. The van der Waals surface area contributed by atoms with Gasteiger partial charge in [0.2, 0.25) is 6.29 Å². The second-order valence-corrected chi connectivity index (χ2v) is 5.56. The third-order valence-electron chi connectivity index (χ3n) is 2.46. The smallest absolute Gasteiger partial charge is 0.336 e. The summed E-state index contributed by atoms with van der Waals surface area (Å²) in [7, 11) is -3.93. The lowest BCUT2D eigenvalue weighted by molar-refractivity contribution is -0.148. The van der Waals surface area contributed by atoms with Crippen LogP contribution in [0.4, 0.5) is 0 Å². The summed E-state index contributed by atoms with van der Waals surface area (Å²) in [5.74, 6) is -0.570. The first-order valence-corrected chi connectivity index (χ1v) is 6.69. The molecule has 6 heteroatoms. The summed E-state index contributed by atoms with van der Waals surface area (Å²) in [5.41, 5.74) is 1.27. The van der Waals surface area contributed by atoms with E-state index in [4.69, 9.17) is 8.92 Å². The van der Waals surface area contributed by atoms with E-state index >= 15 is 0 Å². The fourth-order valence-corrected chi connectivity index (χ4v) is 2.36. The molecule has 0 saturated carbocycles. The standard InChI is InChI=1S/C12H12O5S/c1-8-3-5-10(6-4-8)18(14,15)17-11-7-9(2)12(13)16-11/h3-7,11H,1-2H3. The molecule has 1 aromatic carbocycles. The summed E-state index contributed by atoms with van der Waals surface area (Å²) in [6, 6.07) is 6.21. The van der Waals surface area contributed by atoms with Gasteiger partial charge in [-0.2, -0.15) is 8.42 Å². The summed E-state index contributed by atoms with van der Waals surface area (Å²) in [6.07, 6.45) is 0.150. The topological polar surface area (TPSA) is 69.7 Å². The molecule has 1 aliphatic heterocycles. The highest BCUT2D eigenvalue weighted by Crippen LogP contribution is 2.20. The second-order valence-electron chi connectivity index (χ2n) is 3.99. The summed E-state index contributed by atoms with van der Waals surface area (Å²) in [5, 5.41) is 0. The molecule has 0 radical (unpaired) electrons. The molecule has 18 heavy (non-hydrogen) atoms. The van der Waals surface area contributed by atoms with Crippen LogP contribution in [0.5, 0.6) is 0 Å². The van der Waals surface area contributed by atoms with Gasteiger partial charge in [0.1, 0.15) is 0 Å². The number of carbonyl (C=O) groups is 1. The van der Waals surface area contributed by atoms with Gasteiger partial charge in [-0.25, -0.2) is 8.98 Å². The minimum atomic E-state index is -3.93. The fourth-order valence-electron chi connectivity index (χ4n) is 1.44. The Bertz CT molecular complexity index is 598. The Morgan fingerprint density at radius 3 is 2.28 bits per heavy atom. The van der Waals surface area contributed by atoms with E-state index in [-0.39, 0.29) is 4.90 Å². The van der Waals surface area contributed by atoms with Crippen LogP contribution in [0.1, 0.15) is 12.5 Å². The molecule has 0 spiro atoms. The highest BCUT2D eigenvalue weighted by atomic mass is 32.2. The van der Waals surface area contributed by atoms with Gasteiger partial charge < -0.3 is 4.74 Å². The lowest BCUT2D eigenvalue weighted by Gasteiger charge is -2.10. The monoisotopic (exact) mass is 268 g/mol. The molecule has 0 N–H and O–H groups in total. The summed E-state index contributed by atoms with van der Waals surface area (Å²) in [4.78, 5) is 11.1. The molecule has 0 fully saturated rings. The molecule has 0 bridgehead atoms. The Morgan fingerprint density at radius 1 is 1.17 bits per heavy atom. The van der Waals surface area contributed by atoms with Gasteiger partial charge in [0.15, 0.2) is 0 Å². The van der Waals surface area contributed by atoms with Crippen molar-refractivity contribution < 1.29 is 22.1 Å². The van der Waals surface area contributed by atoms with Gasteiger partial charge in [-0.1, -0.05) is 17.7 Å². The van der Waals surface area contributed by atoms with E-state index in [1.807, 2.05) is 6.92 Å². The molecule has 1 atom stereocenters. The lowest BCUT2D eigenvalue weighted by Crippen LogP contribution is -2.18. The van der Waals surface area contributed by atoms with Gasteiger partial charge in [-0.3, -0.25) is 0 Å². The molecular weight excluding hydrogens is 256 g/mol. The van der Waals surface area contributed by atoms with Gasteiger partial charge in [0.25, 0.3) is 0 Å². The van der Waals surface area contributed by atoms with Crippen LogP contribution in [0.25, 0.3) is 0 Å². The maximum absolute atomic E-state index is 11.9. The second kappa shape index (κ2) is 4.55. The number of rotatable bonds is 3. The van der Waals surface area contributed by atoms with Crippen molar-refractivity contribution in [2.75, 3.05) is 0 Å². The molecular formula is C12H12O5S. The van der Waals surface area contributed by atoms with Gasteiger partial charge >= 0.3 is 16.1 Å². The Hall–Kier alpha value is -1.66. The quantitative estimate of drug-likeness (QED) is 0.614. The molecule has 1 heterocycles. The van der Waals surface area contributed by atoms with Gasteiger partial charge in [-0.15, -0.1) is 0 Å². The molecule has 0 aliphatic carbocycles. The van der Waals surface area contributed by atoms with Crippen LogP contribution < -0.4 is 0 Å². The van der Waals surface area contributed by atoms with Crippen molar-refractivity contribution in [1.82, 2.24) is 0 Å². The average molecular weight is 268 g/mol. The number of ether oxygens (including phenoxy) is 1. The van der Waals surface area contributed by atoms with Crippen molar-refractivity contribution in [2.24, 2.45) is 0 Å². The van der Waals surface area contributed by atoms with Crippen molar-refractivity contribution in [1.29, 1.82) is 0 Å². The fraction of sp³-hybridized carbons (Fsp3) is 0.250. The van der Waals surface area contributed by atoms with Crippen molar-refractivity contribution >= 4 is 16.1 Å². The van der Waals surface area contributed by atoms with Crippen LogP contribution in [-0.4, -0.2) is 20.7 Å². The number of esters is 1. The summed E-state index contributed by atoms with van der Waals surface area (Å²) < 4.78 is 33.3. The predicted molar refractivity (Wildman–Crippen MR) is 63.1 cm³/mol. The zero-order chi connectivity index (χ0) is 13.3. The Balaban J connectivity index is 2.18. The SMILES string of the molecule is CC1=CC(OS(=O)(=O)c2ccc(C)cc2)OC1=O. The molecule has 2 rings (SSSR count). The van der Waals surface area contributed by atoms with Crippen molar-refractivity contribution in [2.45, 2.75) is 25.0 Å². The molecule has 1 unspecified atom stereocenters. The molecule has 5 nitrogen and oxygen atoms in total. The van der Waals surface area contributed by atoms with Gasteiger partial charge in [0.05, 0.1) is 4.90 Å². The van der Waals surface area contributed by atoms with E-state index in [0.717, 1.165) is 5.56 Å². The van der Waals surface area contributed by atoms with Crippen LogP contribution in [-0.2, 0) is 23.8 Å². The highest BCUT2D eigenvalue weighted by molar-refractivity contribution is 7.86. The van der Waals surface area contributed by atoms with Crippen molar-refractivity contribution in [3.63, 3.8) is 0 Å². The number of hydrogen-bond donors (Lipinski definition) is 0. The Labute approximate surface area is 105 Å². The largest absolute Gasteiger partial charge is 0.427 e. The van der Waals surface area contributed by atoms with Crippen LogP contribution in [0.3, 0.4) is 0 Å². The summed E-state index contributed by atoms with van der Waals surface area (Å²) in [6.45, 7) is 3.38. The van der Waals surface area contributed by atoms with Crippen LogP contribution in [0.2, 0.25) is 0 Å². The Kier molecular flexibility index (Phi) is 3.23. The molecule has 0 amide bonds. The van der Waals surface area contributed by atoms with Gasteiger partial charge in [-0.05, 0) is 32.1 Å². The molecule has 96 valence electrons. The number of aryl methyl sites for hydroxylation is 1. The van der Waals surface area contributed by atoms with Crippen LogP contribution >= 0.6 is 0 Å². The first-order valence-electron chi connectivity index (χ1n) is 5.28. The van der Waals surface area contributed by atoms with Crippen LogP contribution in [0.15, 0.2) is 40.8 Å². The number of cyclic esters (lactones) is 1. The first kappa shape index (κ1) is 12.8. The van der Waals surface area contributed by atoms with E-state index in [0.29, 0.717) is 5.57 Å². The van der Waals surface area contributed by atoms with E-state index in [1.165, 1.54) is 25.1 Å². The van der Waals surface area contributed by atoms with Crippen molar-refractivity contribution in [3.8, 4) is 0 Å². The molecule has 1 aliphatic rings. The third-order valence-corrected chi connectivity index (χ3v) is 3.75. The first-order chi connectivity index (χ1) is 8.38. The molecule has 0 aromatic heterocycles. The third kappa shape index (κ3) is 2.60. The molecule has 1 aromatic rings. The van der Waals surface area contributed by atoms with Crippen molar-refractivity contribution in [3.05, 3.63) is 41.5 Å². The maximum Gasteiger partial charge on any atom is 0.336 e. The van der Waals surface area contributed by atoms with E-state index in [2.05, 4.69) is 0 Å². The van der Waals surface area contributed by atoms with E-state index < -0.39 is 22.4 Å². The van der Waals surface area contributed by atoms with E-state index in [1.54, 1.807) is 12.1 Å². The van der Waals surface area contributed by atoms with E-state index in [9.17, 15) is 13.2 Å². The minimum absolute atomic E-state index is 0.0297. The number of carbonyl (C=O) groups excluding carboxylic acids is 1. The average Bonchev–Trinajstić information content (AvgIpc) is 2.57. The zero-order valence-electron chi connectivity index (χ0n) is 9.91.